The SMILES string of the molecule is COc1ccccc1CNC(=O)c1cc(C)nc(SC)n1. The van der Waals surface area contributed by atoms with Gasteiger partial charge in [0.2, 0.25) is 0 Å². The molecule has 0 unspecified atom stereocenters. The molecule has 6 heteroatoms. The first-order valence-corrected chi connectivity index (χ1v) is 7.66. The van der Waals surface area contributed by atoms with Crippen molar-refractivity contribution in [2.75, 3.05) is 13.4 Å². The molecule has 2 aromatic rings. The van der Waals surface area contributed by atoms with Gasteiger partial charge in [0.05, 0.1) is 7.11 Å². The van der Waals surface area contributed by atoms with Crippen molar-refractivity contribution in [3.05, 3.63) is 47.3 Å². The molecule has 0 spiro atoms. The van der Waals surface area contributed by atoms with Crippen molar-refractivity contribution >= 4 is 17.7 Å². The lowest BCUT2D eigenvalue weighted by Gasteiger charge is -2.09. The number of amides is 1. The number of carbonyl (C=O) groups is 1. The highest BCUT2D eigenvalue weighted by Gasteiger charge is 2.11. The molecule has 0 bridgehead atoms. The van der Waals surface area contributed by atoms with Gasteiger partial charge in [-0.15, -0.1) is 0 Å². The summed E-state index contributed by atoms with van der Waals surface area (Å²) >= 11 is 1.41. The number of carbonyl (C=O) groups excluding carboxylic acids is 1. The summed E-state index contributed by atoms with van der Waals surface area (Å²) < 4.78 is 5.26. The summed E-state index contributed by atoms with van der Waals surface area (Å²) in [6.07, 6.45) is 1.88. The van der Waals surface area contributed by atoms with E-state index in [1.165, 1.54) is 11.8 Å². The largest absolute Gasteiger partial charge is 0.496 e. The first-order valence-electron chi connectivity index (χ1n) is 6.44. The number of nitrogens with one attached hydrogen (secondary N) is 1. The molecule has 1 heterocycles. The summed E-state index contributed by atoms with van der Waals surface area (Å²) in [7, 11) is 1.61. The lowest BCUT2D eigenvalue weighted by atomic mass is 10.2. The fourth-order valence-corrected chi connectivity index (χ4v) is 2.29. The molecular formula is C15H17N3O2S. The van der Waals surface area contributed by atoms with Crippen LogP contribution in [-0.2, 0) is 6.54 Å². The standard InChI is InChI=1S/C15H17N3O2S/c1-10-8-12(18-15(17-10)21-3)14(19)16-9-11-6-4-5-7-13(11)20-2/h4-8H,9H2,1-3H3,(H,16,19). The van der Waals surface area contributed by atoms with Crippen LogP contribution >= 0.6 is 11.8 Å². The quantitative estimate of drug-likeness (QED) is 0.679. The molecule has 0 radical (unpaired) electrons. The van der Waals surface area contributed by atoms with Gasteiger partial charge in [-0.05, 0) is 25.3 Å². The van der Waals surface area contributed by atoms with E-state index in [-0.39, 0.29) is 5.91 Å². The number of para-hydroxylation sites is 1. The zero-order chi connectivity index (χ0) is 15.2. The average Bonchev–Trinajstić information content (AvgIpc) is 2.52. The van der Waals surface area contributed by atoms with Gasteiger partial charge < -0.3 is 10.1 Å². The molecule has 0 saturated heterocycles. The van der Waals surface area contributed by atoms with Crippen molar-refractivity contribution < 1.29 is 9.53 Å². The molecule has 21 heavy (non-hydrogen) atoms. The van der Waals surface area contributed by atoms with E-state index in [9.17, 15) is 4.79 Å². The summed E-state index contributed by atoms with van der Waals surface area (Å²) in [5, 5.41) is 3.44. The van der Waals surface area contributed by atoms with Crippen LogP contribution in [0.1, 0.15) is 21.7 Å². The molecule has 0 aliphatic rings. The number of aryl methyl sites for hydroxylation is 1. The van der Waals surface area contributed by atoms with Crippen LogP contribution in [0.4, 0.5) is 0 Å². The van der Waals surface area contributed by atoms with Crippen LogP contribution in [0.3, 0.4) is 0 Å². The second kappa shape index (κ2) is 7.08. The van der Waals surface area contributed by atoms with Crippen molar-refractivity contribution in [1.82, 2.24) is 15.3 Å². The Morgan fingerprint density at radius 1 is 1.33 bits per heavy atom. The van der Waals surface area contributed by atoms with Crippen LogP contribution in [0.2, 0.25) is 0 Å². The Balaban J connectivity index is 2.10. The van der Waals surface area contributed by atoms with Crippen molar-refractivity contribution in [3.63, 3.8) is 0 Å². The monoisotopic (exact) mass is 303 g/mol. The molecule has 0 aliphatic heterocycles. The van der Waals surface area contributed by atoms with E-state index in [1.807, 2.05) is 37.4 Å². The van der Waals surface area contributed by atoms with E-state index < -0.39 is 0 Å². The summed E-state index contributed by atoms with van der Waals surface area (Å²) in [4.78, 5) is 20.6. The van der Waals surface area contributed by atoms with Crippen LogP contribution in [-0.4, -0.2) is 29.2 Å². The molecule has 0 atom stereocenters. The molecule has 1 aromatic carbocycles. The second-order valence-corrected chi connectivity index (χ2v) is 5.15. The van der Waals surface area contributed by atoms with Crippen molar-refractivity contribution in [3.8, 4) is 5.75 Å². The van der Waals surface area contributed by atoms with Crippen molar-refractivity contribution in [1.29, 1.82) is 0 Å². The number of hydrogen-bond acceptors (Lipinski definition) is 5. The summed E-state index contributed by atoms with van der Waals surface area (Å²) in [5.74, 6) is 0.531. The molecule has 5 nitrogen and oxygen atoms in total. The predicted molar refractivity (Wildman–Crippen MR) is 82.7 cm³/mol. The molecule has 1 aromatic heterocycles. The van der Waals surface area contributed by atoms with Gasteiger partial charge in [0.1, 0.15) is 11.4 Å². The Kier molecular flexibility index (Phi) is 5.16. The maximum absolute atomic E-state index is 12.2. The fraction of sp³-hybridized carbons (Fsp3) is 0.267. The smallest absolute Gasteiger partial charge is 0.270 e. The van der Waals surface area contributed by atoms with Gasteiger partial charge in [-0.2, -0.15) is 0 Å². The number of aromatic nitrogens is 2. The molecule has 110 valence electrons. The lowest BCUT2D eigenvalue weighted by Crippen LogP contribution is -2.24. The van der Waals surface area contributed by atoms with Gasteiger partial charge in [0.15, 0.2) is 5.16 Å². The minimum absolute atomic E-state index is 0.221. The number of rotatable bonds is 5. The zero-order valence-electron chi connectivity index (χ0n) is 12.2. The van der Waals surface area contributed by atoms with Gasteiger partial charge in [-0.1, -0.05) is 30.0 Å². The Morgan fingerprint density at radius 3 is 2.81 bits per heavy atom. The molecule has 0 fully saturated rings. The van der Waals surface area contributed by atoms with Crippen LogP contribution in [0.25, 0.3) is 0 Å². The Hall–Kier alpha value is -2.08. The first kappa shape index (κ1) is 15.3. The van der Waals surface area contributed by atoms with E-state index >= 15 is 0 Å². The molecule has 1 amide bonds. The van der Waals surface area contributed by atoms with Crippen molar-refractivity contribution in [2.45, 2.75) is 18.6 Å². The Bertz CT molecular complexity index is 647. The van der Waals surface area contributed by atoms with Gasteiger partial charge in [-0.25, -0.2) is 9.97 Å². The highest BCUT2D eigenvalue weighted by Crippen LogP contribution is 2.17. The normalized spacial score (nSPS) is 10.2. The van der Waals surface area contributed by atoms with E-state index in [1.54, 1.807) is 13.2 Å². The maximum atomic E-state index is 12.2. The lowest BCUT2D eigenvalue weighted by molar-refractivity contribution is 0.0944. The van der Waals surface area contributed by atoms with Crippen LogP contribution in [0.15, 0.2) is 35.5 Å². The van der Waals surface area contributed by atoms with Gasteiger partial charge in [-0.3, -0.25) is 4.79 Å². The molecule has 0 saturated carbocycles. The van der Waals surface area contributed by atoms with Crippen LogP contribution in [0.5, 0.6) is 5.75 Å². The summed E-state index contributed by atoms with van der Waals surface area (Å²) in [6.45, 7) is 2.24. The number of hydrogen-bond donors (Lipinski definition) is 1. The van der Waals surface area contributed by atoms with Gasteiger partial charge in [0.25, 0.3) is 5.91 Å². The topological polar surface area (TPSA) is 64.1 Å². The van der Waals surface area contributed by atoms with Crippen LogP contribution in [0, 0.1) is 6.92 Å². The summed E-state index contributed by atoms with van der Waals surface area (Å²) in [5.41, 5.74) is 2.07. The number of benzene rings is 1. The first-order chi connectivity index (χ1) is 10.1. The fourth-order valence-electron chi connectivity index (χ4n) is 1.86. The third-order valence-electron chi connectivity index (χ3n) is 2.88. The zero-order valence-corrected chi connectivity index (χ0v) is 13.0. The Morgan fingerprint density at radius 2 is 2.10 bits per heavy atom. The van der Waals surface area contributed by atoms with Gasteiger partial charge in [0, 0.05) is 17.8 Å². The molecule has 0 aliphatic carbocycles. The van der Waals surface area contributed by atoms with E-state index in [0.29, 0.717) is 17.4 Å². The predicted octanol–water partition coefficient (Wildman–Crippen LogP) is 2.45. The second-order valence-electron chi connectivity index (χ2n) is 4.38. The Labute approximate surface area is 128 Å². The highest BCUT2D eigenvalue weighted by atomic mass is 32.2. The van der Waals surface area contributed by atoms with E-state index in [0.717, 1.165) is 17.0 Å². The summed E-state index contributed by atoms with van der Waals surface area (Å²) in [6, 6.07) is 9.25. The number of thioether (sulfide) groups is 1. The minimum Gasteiger partial charge on any atom is -0.496 e. The third-order valence-corrected chi connectivity index (χ3v) is 3.43. The number of nitrogens with zero attached hydrogens (tertiary/aromatic N) is 2. The van der Waals surface area contributed by atoms with E-state index in [2.05, 4.69) is 15.3 Å². The van der Waals surface area contributed by atoms with Crippen LogP contribution < -0.4 is 10.1 Å². The third kappa shape index (κ3) is 3.95. The minimum atomic E-state index is -0.221. The van der Waals surface area contributed by atoms with Gasteiger partial charge >= 0.3 is 0 Å². The maximum Gasteiger partial charge on any atom is 0.270 e. The molecule has 2 rings (SSSR count). The molecular weight excluding hydrogens is 286 g/mol. The number of ether oxygens (including phenoxy) is 1. The molecule has 1 N–H and O–H groups in total. The number of methoxy groups -OCH3 is 1. The van der Waals surface area contributed by atoms with E-state index in [4.69, 9.17) is 4.74 Å². The van der Waals surface area contributed by atoms with Crippen molar-refractivity contribution in [2.24, 2.45) is 0 Å². The highest BCUT2D eigenvalue weighted by molar-refractivity contribution is 7.98. The average molecular weight is 303 g/mol.